The second-order valence-corrected chi connectivity index (χ2v) is 14.2. The van der Waals surface area contributed by atoms with E-state index in [1.807, 2.05) is 0 Å². The molecule has 0 spiro atoms. The Labute approximate surface area is 226 Å². The van der Waals surface area contributed by atoms with Crippen molar-refractivity contribution in [2.75, 3.05) is 0 Å². The summed E-state index contributed by atoms with van der Waals surface area (Å²) < 4.78 is 0. The zero-order chi connectivity index (χ0) is 24.9. The van der Waals surface area contributed by atoms with Gasteiger partial charge in [0.2, 0.25) is 0 Å². The number of hydrogen-bond donors (Lipinski definition) is 0. The van der Waals surface area contributed by atoms with Gasteiger partial charge in [-0.15, -0.1) is 22.7 Å². The average molecular weight is 534 g/mol. The molecule has 4 aromatic carbocycles. The lowest BCUT2D eigenvalue weighted by Gasteiger charge is -2.27. The van der Waals surface area contributed by atoms with E-state index in [9.17, 15) is 0 Å². The standard InChI is InChI=1S/C32H26N2PS2/c1-5-13-25(14-6-1)21-31-34-30(24-36-31)32-33-26(23-37-32)22-35(27-15-7-2-8-16-27,28-17-9-3-10-18-28)29-19-11-4-12-20-29/h1-20,23-24H,21-22H2/q+1. The molecule has 0 N–H and O–H groups in total. The van der Waals surface area contributed by atoms with E-state index in [2.05, 4.69) is 132 Å². The van der Waals surface area contributed by atoms with Gasteiger partial charge in [-0.3, -0.25) is 0 Å². The molecule has 6 aromatic rings. The van der Waals surface area contributed by atoms with Gasteiger partial charge in [0.1, 0.15) is 40.0 Å². The van der Waals surface area contributed by atoms with Crippen LogP contribution in [0, 0.1) is 0 Å². The van der Waals surface area contributed by atoms with Gasteiger partial charge in [-0.25, -0.2) is 9.97 Å². The molecule has 0 unspecified atom stereocenters. The van der Waals surface area contributed by atoms with Crippen molar-refractivity contribution in [3.05, 3.63) is 148 Å². The molecule has 0 aliphatic rings. The monoisotopic (exact) mass is 533 g/mol. The summed E-state index contributed by atoms with van der Waals surface area (Å²) in [6.07, 6.45) is 1.73. The first-order valence-electron chi connectivity index (χ1n) is 12.3. The number of benzene rings is 4. The molecule has 5 heteroatoms. The van der Waals surface area contributed by atoms with Crippen LogP contribution in [0.2, 0.25) is 0 Å². The molecule has 0 radical (unpaired) electrons. The summed E-state index contributed by atoms with van der Waals surface area (Å²) in [7, 11) is -1.97. The third-order valence-electron chi connectivity index (χ3n) is 6.51. The van der Waals surface area contributed by atoms with Gasteiger partial charge in [0.15, 0.2) is 0 Å². The van der Waals surface area contributed by atoms with E-state index < -0.39 is 7.26 Å². The minimum atomic E-state index is -1.97. The molecule has 0 bridgehead atoms. The van der Waals surface area contributed by atoms with Crippen LogP contribution in [0.15, 0.2) is 132 Å². The minimum Gasteiger partial charge on any atom is -0.238 e. The van der Waals surface area contributed by atoms with Gasteiger partial charge in [0.25, 0.3) is 0 Å². The van der Waals surface area contributed by atoms with Gasteiger partial charge >= 0.3 is 0 Å². The summed E-state index contributed by atoms with van der Waals surface area (Å²) in [5, 5.41) is 10.6. The van der Waals surface area contributed by atoms with Crippen molar-refractivity contribution in [3.63, 3.8) is 0 Å². The van der Waals surface area contributed by atoms with E-state index in [4.69, 9.17) is 9.97 Å². The molecule has 0 amide bonds. The predicted octanol–water partition coefficient (Wildman–Crippen LogP) is 7.35. The predicted molar refractivity (Wildman–Crippen MR) is 161 cm³/mol. The van der Waals surface area contributed by atoms with Crippen LogP contribution < -0.4 is 15.9 Å². The van der Waals surface area contributed by atoms with E-state index in [1.165, 1.54) is 21.5 Å². The normalized spacial score (nSPS) is 11.5. The second-order valence-electron chi connectivity index (χ2n) is 8.91. The summed E-state index contributed by atoms with van der Waals surface area (Å²) in [4.78, 5) is 10.1. The maximum absolute atomic E-state index is 5.15. The third kappa shape index (κ3) is 5.06. The third-order valence-corrected chi connectivity index (χ3v) is 12.6. The fraction of sp³-hybridized carbons (Fsp3) is 0.0625. The molecule has 0 saturated carbocycles. The molecule has 0 fully saturated rings. The Hall–Kier alpha value is -3.43. The highest BCUT2D eigenvalue weighted by atomic mass is 32.1. The van der Waals surface area contributed by atoms with Crippen molar-refractivity contribution in [1.29, 1.82) is 0 Å². The molecule has 2 nitrogen and oxygen atoms in total. The molecule has 37 heavy (non-hydrogen) atoms. The smallest absolute Gasteiger partial charge is 0.143 e. The zero-order valence-electron chi connectivity index (χ0n) is 20.3. The van der Waals surface area contributed by atoms with Crippen molar-refractivity contribution < 1.29 is 0 Å². The highest BCUT2D eigenvalue weighted by molar-refractivity contribution is 7.95. The Morgan fingerprint density at radius 2 is 1.05 bits per heavy atom. The maximum Gasteiger partial charge on any atom is 0.143 e. The Morgan fingerprint density at radius 3 is 1.59 bits per heavy atom. The van der Waals surface area contributed by atoms with Crippen molar-refractivity contribution in [1.82, 2.24) is 9.97 Å². The van der Waals surface area contributed by atoms with E-state index in [1.54, 1.807) is 22.7 Å². The number of nitrogens with zero attached hydrogens (tertiary/aromatic N) is 2. The summed E-state index contributed by atoms with van der Waals surface area (Å²) in [5.41, 5.74) is 3.39. The van der Waals surface area contributed by atoms with Gasteiger partial charge in [-0.1, -0.05) is 84.9 Å². The molecule has 0 atom stereocenters. The summed E-state index contributed by atoms with van der Waals surface area (Å²) in [6.45, 7) is 0. The molecule has 0 aliphatic carbocycles. The average Bonchev–Trinajstić information content (AvgIpc) is 3.63. The van der Waals surface area contributed by atoms with Crippen LogP contribution in [0.25, 0.3) is 10.7 Å². The van der Waals surface area contributed by atoms with Crippen LogP contribution in [0.3, 0.4) is 0 Å². The van der Waals surface area contributed by atoms with E-state index in [0.717, 1.165) is 34.0 Å². The van der Waals surface area contributed by atoms with Crippen LogP contribution >= 0.6 is 29.9 Å². The Morgan fingerprint density at radius 1 is 0.541 bits per heavy atom. The van der Waals surface area contributed by atoms with E-state index >= 15 is 0 Å². The number of aromatic nitrogens is 2. The van der Waals surface area contributed by atoms with Crippen LogP contribution in [0.5, 0.6) is 0 Å². The topological polar surface area (TPSA) is 25.8 Å². The van der Waals surface area contributed by atoms with Crippen LogP contribution in [-0.4, -0.2) is 9.97 Å². The SMILES string of the molecule is c1ccc(Cc2nc(-c3nc(C[P+](c4ccccc4)(c4ccccc4)c4ccccc4)cs3)cs2)cc1. The molecule has 0 saturated heterocycles. The Kier molecular flexibility index (Phi) is 7.05. The number of rotatable bonds is 8. The van der Waals surface area contributed by atoms with Crippen molar-refractivity contribution in [2.45, 2.75) is 12.6 Å². The molecule has 0 aliphatic heterocycles. The number of hydrogen-bond acceptors (Lipinski definition) is 4. The second kappa shape index (κ2) is 10.9. The first kappa shape index (κ1) is 23.9. The summed E-state index contributed by atoms with van der Waals surface area (Å²) in [6, 6.07) is 43.5. The lowest BCUT2D eigenvalue weighted by Crippen LogP contribution is -2.32. The summed E-state index contributed by atoms with van der Waals surface area (Å²) in [5.74, 6) is 0. The first-order valence-corrected chi connectivity index (χ1v) is 16.0. The van der Waals surface area contributed by atoms with Gasteiger partial charge in [-0.05, 0) is 42.0 Å². The largest absolute Gasteiger partial charge is 0.238 e. The van der Waals surface area contributed by atoms with Crippen LogP contribution in [0.1, 0.15) is 16.3 Å². The highest BCUT2D eigenvalue weighted by Crippen LogP contribution is 2.58. The maximum atomic E-state index is 5.15. The van der Waals surface area contributed by atoms with E-state index in [0.29, 0.717) is 0 Å². The molecule has 6 rings (SSSR count). The quantitative estimate of drug-likeness (QED) is 0.191. The lowest BCUT2D eigenvalue weighted by molar-refractivity contribution is 1.13. The van der Waals surface area contributed by atoms with Gasteiger partial charge in [0.05, 0.1) is 10.7 Å². The first-order chi connectivity index (χ1) is 18.3. The summed E-state index contributed by atoms with van der Waals surface area (Å²) >= 11 is 3.41. The molecule has 180 valence electrons. The Balaban J connectivity index is 1.38. The number of thiazole rings is 2. The van der Waals surface area contributed by atoms with Crippen molar-refractivity contribution >= 4 is 45.8 Å². The van der Waals surface area contributed by atoms with Gasteiger partial charge in [0, 0.05) is 17.2 Å². The fourth-order valence-electron chi connectivity index (χ4n) is 4.77. The molecular formula is C32H26N2PS2+. The lowest BCUT2D eigenvalue weighted by atomic mass is 10.2. The van der Waals surface area contributed by atoms with Gasteiger partial charge in [-0.2, -0.15) is 0 Å². The van der Waals surface area contributed by atoms with E-state index in [-0.39, 0.29) is 0 Å². The molecule has 2 aromatic heterocycles. The van der Waals surface area contributed by atoms with Crippen LogP contribution in [0.4, 0.5) is 0 Å². The highest BCUT2D eigenvalue weighted by Gasteiger charge is 2.46. The van der Waals surface area contributed by atoms with Crippen molar-refractivity contribution in [3.8, 4) is 10.7 Å². The van der Waals surface area contributed by atoms with Gasteiger partial charge < -0.3 is 0 Å². The zero-order valence-corrected chi connectivity index (χ0v) is 22.8. The molecule has 2 heterocycles. The Bertz CT molecular complexity index is 1470. The molecular weight excluding hydrogens is 507 g/mol. The minimum absolute atomic E-state index is 0.856. The fourth-order valence-corrected chi connectivity index (χ4v) is 10.7. The van der Waals surface area contributed by atoms with Crippen molar-refractivity contribution in [2.24, 2.45) is 0 Å². The van der Waals surface area contributed by atoms with Crippen LogP contribution in [-0.2, 0) is 12.6 Å².